The highest BCUT2D eigenvalue weighted by atomic mass is 15.2. The van der Waals surface area contributed by atoms with Gasteiger partial charge in [-0.3, -0.25) is 5.41 Å². The van der Waals surface area contributed by atoms with E-state index in [-0.39, 0.29) is 17.7 Å². The van der Waals surface area contributed by atoms with Gasteiger partial charge in [-0.25, -0.2) is 0 Å². The Morgan fingerprint density at radius 2 is 1.94 bits per heavy atom. The van der Waals surface area contributed by atoms with Crippen molar-refractivity contribution in [1.29, 1.82) is 10.8 Å². The zero-order valence-electron chi connectivity index (χ0n) is 20.7. The van der Waals surface area contributed by atoms with Gasteiger partial charge in [0.1, 0.15) is 5.84 Å². The number of hydrogen-bond donors (Lipinski definition) is 5. The number of nitrogen functional groups attached to an aromatic ring is 1. The van der Waals surface area contributed by atoms with Crippen LogP contribution in [0.3, 0.4) is 0 Å². The first-order chi connectivity index (χ1) is 15.7. The summed E-state index contributed by atoms with van der Waals surface area (Å²) in [6.07, 6.45) is 13.2. The summed E-state index contributed by atoms with van der Waals surface area (Å²) in [6, 6.07) is 3.93. The summed E-state index contributed by atoms with van der Waals surface area (Å²) in [5, 5.41) is 15.9. The van der Waals surface area contributed by atoms with Crippen LogP contribution >= 0.6 is 0 Å². The van der Waals surface area contributed by atoms with Gasteiger partial charge in [-0.1, -0.05) is 32.6 Å². The van der Waals surface area contributed by atoms with Gasteiger partial charge in [0, 0.05) is 35.8 Å². The predicted molar refractivity (Wildman–Crippen MR) is 143 cm³/mol. The Bertz CT molecular complexity index is 1000. The van der Waals surface area contributed by atoms with E-state index in [2.05, 4.69) is 50.6 Å². The fraction of sp³-hybridized carbons (Fsp3) is 0.407. The summed E-state index contributed by atoms with van der Waals surface area (Å²) in [4.78, 5) is 2.27. The first-order valence-corrected chi connectivity index (χ1v) is 11.7. The summed E-state index contributed by atoms with van der Waals surface area (Å²) in [5.74, 6) is 0.773. The minimum absolute atomic E-state index is 0.0581. The van der Waals surface area contributed by atoms with Crippen molar-refractivity contribution in [2.45, 2.75) is 52.0 Å². The third kappa shape index (κ3) is 4.34. The molecule has 1 aromatic rings. The molecule has 0 bridgehead atoms. The molecule has 8 N–H and O–H groups in total. The number of allylic oxidation sites excluding steroid dienone is 2. The Kier molecular flexibility index (Phi) is 8.31. The summed E-state index contributed by atoms with van der Waals surface area (Å²) >= 11 is 0. The standard InChI is InChI=1S/C25H34N6.C2H6/c1-5-6-16-7-8-18-22-19(14-27)20(28)9-10-21(22)31(4)25(3,23(16)18)17(11-12-26)13-15(2)24(29)30;1-2/h5-6,9-14,16,18,23,27H,2,7-8,26,28H2,1,3-4H3,(H3,29,30);1-2H3/b6-5-,12-11-,17-13+,27-14?;/t16-,18?,23?,25?;/m1./s1. The smallest absolute Gasteiger partial charge is 0.122 e. The molecule has 33 heavy (non-hydrogen) atoms. The van der Waals surface area contributed by atoms with Crippen molar-refractivity contribution >= 4 is 23.4 Å². The number of benzene rings is 1. The number of likely N-dealkylation sites (N-methyl/N-ethyl adjacent to an activating group) is 1. The van der Waals surface area contributed by atoms with Gasteiger partial charge < -0.3 is 27.5 Å². The lowest BCUT2D eigenvalue weighted by atomic mass is 9.63. The molecule has 0 spiro atoms. The van der Waals surface area contributed by atoms with E-state index >= 15 is 0 Å². The maximum atomic E-state index is 8.04. The molecule has 3 unspecified atom stereocenters. The normalized spacial score (nSPS) is 26.5. The Hall–Kier alpha value is -3.28. The first-order valence-electron chi connectivity index (χ1n) is 11.7. The van der Waals surface area contributed by atoms with Crippen LogP contribution in [0.25, 0.3) is 0 Å². The van der Waals surface area contributed by atoms with E-state index in [1.165, 1.54) is 12.4 Å². The van der Waals surface area contributed by atoms with E-state index in [9.17, 15) is 0 Å². The van der Waals surface area contributed by atoms with E-state index in [0.717, 1.165) is 35.2 Å². The van der Waals surface area contributed by atoms with Crippen molar-refractivity contribution in [2.75, 3.05) is 17.7 Å². The number of nitrogens with zero attached hydrogens (tertiary/aromatic N) is 1. The molecule has 1 aliphatic carbocycles. The van der Waals surface area contributed by atoms with E-state index in [1.54, 1.807) is 0 Å². The van der Waals surface area contributed by atoms with Crippen molar-refractivity contribution in [3.63, 3.8) is 0 Å². The highest BCUT2D eigenvalue weighted by Crippen LogP contribution is 2.60. The van der Waals surface area contributed by atoms with E-state index in [0.29, 0.717) is 17.2 Å². The molecule has 3 rings (SSSR count). The molecule has 0 aromatic heterocycles. The number of hydrogen-bond acceptors (Lipinski definition) is 5. The van der Waals surface area contributed by atoms with Gasteiger partial charge in [0.25, 0.3) is 0 Å². The number of amidine groups is 1. The number of anilines is 2. The second kappa shape index (κ2) is 10.6. The van der Waals surface area contributed by atoms with E-state index < -0.39 is 5.54 Å². The van der Waals surface area contributed by atoms with Crippen molar-refractivity contribution in [3.8, 4) is 0 Å². The molecule has 0 radical (unpaired) electrons. The highest BCUT2D eigenvalue weighted by Gasteiger charge is 2.55. The Balaban J connectivity index is 0.00000187. The molecular weight excluding hydrogens is 408 g/mol. The Labute approximate surface area is 198 Å². The van der Waals surface area contributed by atoms with Crippen molar-refractivity contribution in [3.05, 3.63) is 71.5 Å². The summed E-state index contributed by atoms with van der Waals surface area (Å²) < 4.78 is 0. The summed E-state index contributed by atoms with van der Waals surface area (Å²) in [7, 11) is 2.08. The fourth-order valence-corrected chi connectivity index (χ4v) is 5.70. The van der Waals surface area contributed by atoms with Crippen LogP contribution in [0.5, 0.6) is 0 Å². The van der Waals surface area contributed by atoms with Gasteiger partial charge in [0.05, 0.1) is 5.54 Å². The van der Waals surface area contributed by atoms with Crippen molar-refractivity contribution in [2.24, 2.45) is 23.3 Å². The van der Waals surface area contributed by atoms with Crippen molar-refractivity contribution < 1.29 is 0 Å². The molecule has 178 valence electrons. The molecule has 1 heterocycles. The zero-order valence-corrected chi connectivity index (χ0v) is 20.7. The van der Waals surface area contributed by atoms with Gasteiger partial charge in [-0.2, -0.15) is 0 Å². The maximum Gasteiger partial charge on any atom is 0.122 e. The predicted octanol–water partition coefficient (Wildman–Crippen LogP) is 5.08. The molecular formula is C27H40N6. The third-order valence-corrected chi connectivity index (χ3v) is 7.20. The van der Waals surface area contributed by atoms with Crippen LogP contribution < -0.4 is 22.1 Å². The van der Waals surface area contributed by atoms with Crippen LogP contribution in [0.15, 0.2) is 60.4 Å². The average molecular weight is 449 g/mol. The quantitative estimate of drug-likeness (QED) is 0.137. The monoisotopic (exact) mass is 448 g/mol. The van der Waals surface area contributed by atoms with Crippen molar-refractivity contribution in [1.82, 2.24) is 0 Å². The molecule has 2 aliphatic rings. The molecule has 0 amide bonds. The largest absolute Gasteiger partial charge is 0.405 e. The van der Waals surface area contributed by atoms with Gasteiger partial charge in [0.2, 0.25) is 0 Å². The summed E-state index contributed by atoms with van der Waals surface area (Å²) in [6.45, 7) is 12.3. The molecule has 1 aliphatic heterocycles. The SMILES string of the molecule is C=C(/C=C(\C=C/N)C1(C)C2C(CC[C@H]2/C=C\C)c2c(ccc(N)c2C=N)N1C)C(=N)N.CC. The third-order valence-electron chi connectivity index (χ3n) is 7.20. The van der Waals surface area contributed by atoms with Crippen LogP contribution in [0, 0.1) is 22.7 Å². The molecule has 0 saturated heterocycles. The van der Waals surface area contributed by atoms with E-state index in [1.807, 2.05) is 32.1 Å². The van der Waals surface area contributed by atoms with Crippen LogP contribution in [0.1, 0.15) is 57.6 Å². The lowest BCUT2D eigenvalue weighted by molar-refractivity contribution is 0.256. The number of rotatable bonds is 6. The molecule has 6 heteroatoms. The first kappa shape index (κ1) is 26.0. The van der Waals surface area contributed by atoms with Crippen LogP contribution in [0.4, 0.5) is 11.4 Å². The molecule has 1 saturated carbocycles. The fourth-order valence-electron chi connectivity index (χ4n) is 5.70. The van der Waals surface area contributed by atoms with Gasteiger partial charge in [-0.15, -0.1) is 0 Å². The van der Waals surface area contributed by atoms with Crippen LogP contribution in [-0.4, -0.2) is 24.6 Å². The highest BCUT2D eigenvalue weighted by molar-refractivity contribution is 5.97. The minimum atomic E-state index is -0.429. The molecule has 4 atom stereocenters. The van der Waals surface area contributed by atoms with Crippen LogP contribution in [0.2, 0.25) is 0 Å². The molecule has 1 fully saturated rings. The van der Waals surface area contributed by atoms with E-state index in [4.69, 9.17) is 28.0 Å². The molecule has 1 aromatic carbocycles. The lowest BCUT2D eigenvalue weighted by Gasteiger charge is -2.54. The summed E-state index contributed by atoms with van der Waals surface area (Å²) in [5.41, 5.74) is 22.5. The number of nitrogens with one attached hydrogen (secondary N) is 2. The van der Waals surface area contributed by atoms with Crippen LogP contribution in [-0.2, 0) is 0 Å². The van der Waals surface area contributed by atoms with Gasteiger partial charge >= 0.3 is 0 Å². The average Bonchev–Trinajstić information content (AvgIpc) is 3.22. The second-order valence-corrected chi connectivity index (χ2v) is 8.65. The van der Waals surface area contributed by atoms with Gasteiger partial charge in [-0.05, 0) is 86.1 Å². The topological polar surface area (TPSA) is 129 Å². The van der Waals surface area contributed by atoms with Gasteiger partial charge in [0.15, 0.2) is 0 Å². The zero-order chi connectivity index (χ0) is 24.9. The second-order valence-electron chi connectivity index (χ2n) is 8.65. The Morgan fingerprint density at radius 3 is 2.48 bits per heavy atom. The minimum Gasteiger partial charge on any atom is -0.405 e. The maximum absolute atomic E-state index is 8.04. The lowest BCUT2D eigenvalue weighted by Crippen LogP contribution is -2.57. The number of nitrogens with two attached hydrogens (primary N) is 3. The number of fused-ring (bicyclic) bond motifs is 3. The molecule has 6 nitrogen and oxygen atoms in total. The Morgan fingerprint density at radius 1 is 1.27 bits per heavy atom.